The lowest BCUT2D eigenvalue weighted by molar-refractivity contribution is -0.0486. The lowest BCUT2D eigenvalue weighted by Gasteiger charge is -2.39. The van der Waals surface area contributed by atoms with Crippen molar-refractivity contribution in [1.82, 2.24) is 5.32 Å². The number of hydrogen-bond donors (Lipinski definition) is 1. The van der Waals surface area contributed by atoms with Crippen LogP contribution in [-0.4, -0.2) is 17.8 Å². The summed E-state index contributed by atoms with van der Waals surface area (Å²) >= 11 is 0. The van der Waals surface area contributed by atoms with E-state index in [9.17, 15) is 9.59 Å². The average molecular weight is 381 g/mol. The van der Waals surface area contributed by atoms with Crippen LogP contribution in [0.4, 0.5) is 4.79 Å². The molecule has 0 saturated heterocycles. The summed E-state index contributed by atoms with van der Waals surface area (Å²) in [5.74, 6) is 1.24. The van der Waals surface area contributed by atoms with Gasteiger partial charge in [-0.1, -0.05) is 0 Å². The van der Waals surface area contributed by atoms with E-state index in [2.05, 4.69) is 5.32 Å². The number of nitrogens with one attached hydrogen (secondary N) is 1. The summed E-state index contributed by atoms with van der Waals surface area (Å²) in [4.78, 5) is 23.6. The van der Waals surface area contributed by atoms with Gasteiger partial charge in [-0.3, -0.25) is 5.32 Å². The summed E-state index contributed by atoms with van der Waals surface area (Å²) in [7, 11) is 0. The molecule has 0 radical (unpaired) electrons. The van der Waals surface area contributed by atoms with E-state index in [0.717, 1.165) is 10.9 Å². The minimum absolute atomic E-state index is 0.414. The number of fused-ring (bicyclic) bond motifs is 2. The zero-order valence-corrected chi connectivity index (χ0v) is 15.4. The van der Waals surface area contributed by atoms with Gasteiger partial charge in [0.15, 0.2) is 0 Å². The van der Waals surface area contributed by atoms with Gasteiger partial charge < -0.3 is 18.3 Å². The van der Waals surface area contributed by atoms with Crippen molar-refractivity contribution in [2.24, 2.45) is 0 Å². The monoisotopic (exact) mass is 381 g/mol. The molecular formula is C21H19NO6. The number of furan rings is 1. The van der Waals surface area contributed by atoms with Crippen molar-refractivity contribution in [2.45, 2.75) is 32.0 Å². The Kier molecular flexibility index (Phi) is 4.43. The van der Waals surface area contributed by atoms with Crippen LogP contribution < -0.4 is 15.7 Å². The molecule has 1 aromatic carbocycles. The quantitative estimate of drug-likeness (QED) is 0.693. The highest BCUT2D eigenvalue weighted by Gasteiger charge is 2.40. The number of carbonyl (C=O) groups is 1. The van der Waals surface area contributed by atoms with Crippen molar-refractivity contribution in [3.8, 4) is 5.75 Å². The van der Waals surface area contributed by atoms with Crippen LogP contribution in [0, 0.1) is 0 Å². The summed E-state index contributed by atoms with van der Waals surface area (Å²) in [6.45, 7) is 3.69. The summed E-state index contributed by atoms with van der Waals surface area (Å²) in [6, 6.07) is 10.2. The fourth-order valence-electron chi connectivity index (χ4n) is 3.12. The number of ether oxygens (including phenoxy) is 2. The normalized spacial score (nSPS) is 17.9. The first-order chi connectivity index (χ1) is 13.4. The molecule has 1 aliphatic heterocycles. The lowest BCUT2D eigenvalue weighted by Crippen LogP contribution is -2.49. The molecule has 144 valence electrons. The van der Waals surface area contributed by atoms with E-state index in [-0.39, 0.29) is 0 Å². The Bertz CT molecular complexity index is 1090. The Morgan fingerprint density at radius 3 is 2.93 bits per heavy atom. The van der Waals surface area contributed by atoms with Gasteiger partial charge in [-0.2, -0.15) is 0 Å². The molecule has 0 aliphatic carbocycles. The van der Waals surface area contributed by atoms with Crippen LogP contribution in [0.3, 0.4) is 0 Å². The highest BCUT2D eigenvalue weighted by atomic mass is 16.6. The van der Waals surface area contributed by atoms with Crippen LogP contribution in [0.25, 0.3) is 17.0 Å². The van der Waals surface area contributed by atoms with Gasteiger partial charge in [-0.15, -0.1) is 0 Å². The first-order valence-corrected chi connectivity index (χ1v) is 8.84. The third-order valence-corrected chi connectivity index (χ3v) is 4.60. The molecule has 3 heterocycles. The third kappa shape index (κ3) is 3.64. The Balaban J connectivity index is 1.50. The molecule has 1 atom stereocenters. The Labute approximate surface area is 160 Å². The molecule has 0 fully saturated rings. The minimum Gasteiger partial charge on any atom is -0.484 e. The molecule has 0 spiro atoms. The van der Waals surface area contributed by atoms with Crippen LogP contribution in [0.1, 0.15) is 25.2 Å². The molecule has 3 aromatic rings. The maximum Gasteiger partial charge on any atom is 0.411 e. The fourth-order valence-corrected chi connectivity index (χ4v) is 3.12. The van der Waals surface area contributed by atoms with Crippen LogP contribution in [0.15, 0.2) is 62.5 Å². The number of alkyl carbamates (subject to hydrolysis) is 1. The first-order valence-electron chi connectivity index (χ1n) is 8.84. The minimum atomic E-state index is -0.752. The number of hydrogen-bond acceptors (Lipinski definition) is 6. The summed E-state index contributed by atoms with van der Waals surface area (Å²) in [5.41, 5.74) is 0.174. The van der Waals surface area contributed by atoms with Crippen molar-refractivity contribution in [3.63, 3.8) is 0 Å². The van der Waals surface area contributed by atoms with Gasteiger partial charge in [0.25, 0.3) is 0 Å². The van der Waals surface area contributed by atoms with Crippen LogP contribution in [0.2, 0.25) is 0 Å². The molecule has 1 N–H and O–H groups in total. The molecule has 4 rings (SSSR count). The second kappa shape index (κ2) is 6.92. The van der Waals surface area contributed by atoms with E-state index in [1.807, 2.05) is 19.9 Å². The highest BCUT2D eigenvalue weighted by molar-refractivity contribution is 5.79. The molecule has 1 aliphatic rings. The van der Waals surface area contributed by atoms with Gasteiger partial charge >= 0.3 is 11.7 Å². The number of amides is 1. The standard InChI is InChI=1S/C21H19NO6/c1-21(2)18(27-20(24)22-8-7-15-4-3-9-25-15)11-14-10-13-5-6-19(23)26-16(13)12-17(14)28-21/h3-10,12,18H,11H2,1-2H3,(H,22,24)/b8-7+/t18-/m0/s1. The molecule has 28 heavy (non-hydrogen) atoms. The van der Waals surface area contributed by atoms with Gasteiger partial charge in [-0.25, -0.2) is 9.59 Å². The second-order valence-corrected chi connectivity index (χ2v) is 7.05. The van der Waals surface area contributed by atoms with Gasteiger partial charge in [0.1, 0.15) is 28.8 Å². The van der Waals surface area contributed by atoms with E-state index >= 15 is 0 Å². The molecule has 1 amide bonds. The molecule has 0 bridgehead atoms. The van der Waals surface area contributed by atoms with Crippen LogP contribution in [-0.2, 0) is 11.2 Å². The van der Waals surface area contributed by atoms with E-state index in [4.69, 9.17) is 18.3 Å². The molecule has 7 nitrogen and oxygen atoms in total. The van der Waals surface area contributed by atoms with E-state index in [1.54, 1.807) is 36.6 Å². The fraction of sp³-hybridized carbons (Fsp3) is 0.238. The SMILES string of the molecule is CC1(C)Oc2cc3oc(=O)ccc3cc2C[C@@H]1OC(=O)N/C=C/c1ccco1. The van der Waals surface area contributed by atoms with Crippen molar-refractivity contribution in [2.75, 3.05) is 0 Å². The Hall–Kier alpha value is -3.48. The zero-order valence-electron chi connectivity index (χ0n) is 15.4. The number of carbonyl (C=O) groups excluding carboxylic acids is 1. The highest BCUT2D eigenvalue weighted by Crippen LogP contribution is 2.37. The van der Waals surface area contributed by atoms with Gasteiger partial charge in [0.2, 0.25) is 0 Å². The van der Waals surface area contributed by atoms with Crippen LogP contribution in [0.5, 0.6) is 5.75 Å². The molecular weight excluding hydrogens is 362 g/mol. The molecule has 2 aromatic heterocycles. The van der Waals surface area contributed by atoms with Crippen molar-refractivity contribution in [3.05, 3.63) is 70.6 Å². The van der Waals surface area contributed by atoms with Crippen molar-refractivity contribution in [1.29, 1.82) is 0 Å². The molecule has 0 saturated carbocycles. The smallest absolute Gasteiger partial charge is 0.411 e. The van der Waals surface area contributed by atoms with Crippen molar-refractivity contribution >= 4 is 23.1 Å². The van der Waals surface area contributed by atoms with Gasteiger partial charge in [0.05, 0.1) is 6.26 Å². The van der Waals surface area contributed by atoms with Gasteiger partial charge in [0, 0.05) is 30.1 Å². The predicted molar refractivity (Wildman–Crippen MR) is 102 cm³/mol. The molecule has 0 unspecified atom stereocenters. The first kappa shape index (κ1) is 17.9. The Morgan fingerprint density at radius 1 is 1.29 bits per heavy atom. The zero-order chi connectivity index (χ0) is 19.7. The summed E-state index contributed by atoms with van der Waals surface area (Å²) in [6.07, 6.45) is 4.03. The second-order valence-electron chi connectivity index (χ2n) is 7.05. The Morgan fingerprint density at radius 2 is 2.14 bits per heavy atom. The average Bonchev–Trinajstić information content (AvgIpc) is 3.14. The van der Waals surface area contributed by atoms with Crippen molar-refractivity contribution < 1.29 is 23.1 Å². The third-order valence-electron chi connectivity index (χ3n) is 4.60. The van der Waals surface area contributed by atoms with Gasteiger partial charge in [-0.05, 0) is 49.8 Å². The largest absolute Gasteiger partial charge is 0.484 e. The number of benzene rings is 1. The summed E-state index contributed by atoms with van der Waals surface area (Å²) < 4.78 is 22.0. The maximum absolute atomic E-state index is 12.2. The maximum atomic E-state index is 12.2. The topological polar surface area (TPSA) is 90.9 Å². The predicted octanol–water partition coefficient (Wildman–Crippen LogP) is 3.87. The molecule has 7 heteroatoms. The number of rotatable bonds is 3. The summed E-state index contributed by atoms with van der Waals surface area (Å²) in [5, 5.41) is 3.34. The van der Waals surface area contributed by atoms with E-state index in [1.165, 1.54) is 12.3 Å². The van der Waals surface area contributed by atoms with E-state index in [0.29, 0.717) is 23.5 Å². The lowest BCUT2D eigenvalue weighted by atomic mass is 9.90. The van der Waals surface area contributed by atoms with E-state index < -0.39 is 23.4 Å². The van der Waals surface area contributed by atoms with Crippen LogP contribution >= 0.6 is 0 Å².